The summed E-state index contributed by atoms with van der Waals surface area (Å²) in [5.74, 6) is -0.0865. The van der Waals surface area contributed by atoms with Crippen LogP contribution in [-0.2, 0) is 4.79 Å². The van der Waals surface area contributed by atoms with E-state index in [2.05, 4.69) is 32.2 Å². The second kappa shape index (κ2) is 9.44. The Bertz CT molecular complexity index is 1090. The Morgan fingerprint density at radius 3 is 2.52 bits per heavy atom. The highest BCUT2D eigenvalue weighted by Crippen LogP contribution is 2.23. The fraction of sp³-hybridized carbons (Fsp3) is 0.360. The summed E-state index contributed by atoms with van der Waals surface area (Å²) in [6.07, 6.45) is 5.08. The number of carbonyl (C=O) groups excluding carboxylic acids is 2. The quantitative estimate of drug-likeness (QED) is 0.669. The molecule has 2 saturated heterocycles. The van der Waals surface area contributed by atoms with E-state index in [1.165, 1.54) is 5.69 Å². The van der Waals surface area contributed by atoms with Gasteiger partial charge < -0.3 is 14.7 Å². The molecule has 2 fully saturated rings. The minimum absolute atomic E-state index is 0.107. The van der Waals surface area contributed by atoms with Crippen molar-refractivity contribution in [1.82, 2.24) is 25.0 Å². The summed E-state index contributed by atoms with van der Waals surface area (Å²) in [7, 11) is 0. The first kappa shape index (κ1) is 21.2. The zero-order valence-corrected chi connectivity index (χ0v) is 18.6. The van der Waals surface area contributed by atoms with Crippen LogP contribution in [0.1, 0.15) is 23.3 Å². The fourth-order valence-electron chi connectivity index (χ4n) is 4.71. The van der Waals surface area contributed by atoms with Crippen LogP contribution in [0.25, 0.3) is 11.3 Å². The highest BCUT2D eigenvalue weighted by atomic mass is 16.2. The summed E-state index contributed by atoms with van der Waals surface area (Å²) >= 11 is 0. The van der Waals surface area contributed by atoms with Crippen molar-refractivity contribution in [3.63, 3.8) is 0 Å². The van der Waals surface area contributed by atoms with Crippen LogP contribution < -0.4 is 4.90 Å². The molecular weight excluding hydrogens is 416 g/mol. The van der Waals surface area contributed by atoms with Gasteiger partial charge in [0.2, 0.25) is 5.91 Å². The van der Waals surface area contributed by atoms with E-state index in [0.717, 1.165) is 31.5 Å². The number of H-pyrrole nitrogens is 1. The monoisotopic (exact) mass is 444 g/mol. The number of benzene rings is 1. The van der Waals surface area contributed by atoms with Crippen molar-refractivity contribution >= 4 is 17.5 Å². The molecule has 8 heteroatoms. The molecule has 1 N–H and O–H groups in total. The number of rotatable bonds is 4. The summed E-state index contributed by atoms with van der Waals surface area (Å²) in [6, 6.07) is 15.8. The third-order valence-corrected chi connectivity index (χ3v) is 6.54. The Kier molecular flexibility index (Phi) is 6.06. The van der Waals surface area contributed by atoms with Gasteiger partial charge in [-0.05, 0) is 43.2 Å². The molecule has 0 bridgehead atoms. The van der Waals surface area contributed by atoms with Crippen LogP contribution >= 0.6 is 0 Å². The molecule has 1 aromatic carbocycles. The molecular formula is C25H28N6O2. The van der Waals surface area contributed by atoms with E-state index in [0.29, 0.717) is 37.6 Å². The predicted octanol–water partition coefficient (Wildman–Crippen LogP) is 2.67. The number of hydrogen-bond acceptors (Lipinski definition) is 5. The van der Waals surface area contributed by atoms with Crippen molar-refractivity contribution < 1.29 is 9.59 Å². The number of aromatic nitrogens is 3. The van der Waals surface area contributed by atoms with Crippen molar-refractivity contribution in [1.29, 1.82) is 0 Å². The van der Waals surface area contributed by atoms with E-state index < -0.39 is 0 Å². The van der Waals surface area contributed by atoms with Gasteiger partial charge in [-0.1, -0.05) is 18.2 Å². The van der Waals surface area contributed by atoms with Gasteiger partial charge in [0.15, 0.2) is 0 Å². The third-order valence-electron chi connectivity index (χ3n) is 6.54. The van der Waals surface area contributed by atoms with Crippen LogP contribution in [0.3, 0.4) is 0 Å². The lowest BCUT2D eigenvalue weighted by Crippen LogP contribution is -2.53. The Morgan fingerprint density at radius 1 is 0.939 bits per heavy atom. The van der Waals surface area contributed by atoms with E-state index in [4.69, 9.17) is 0 Å². The van der Waals surface area contributed by atoms with E-state index in [-0.39, 0.29) is 17.7 Å². The van der Waals surface area contributed by atoms with Crippen LogP contribution in [-0.4, -0.2) is 76.1 Å². The van der Waals surface area contributed by atoms with E-state index >= 15 is 0 Å². The fourth-order valence-corrected chi connectivity index (χ4v) is 4.71. The summed E-state index contributed by atoms with van der Waals surface area (Å²) < 4.78 is 0. The normalized spacial score (nSPS) is 18.9. The summed E-state index contributed by atoms with van der Waals surface area (Å²) in [4.78, 5) is 36.5. The number of para-hydroxylation sites is 1. The van der Waals surface area contributed by atoms with Crippen molar-refractivity contribution in [2.75, 3.05) is 44.2 Å². The smallest absolute Gasteiger partial charge is 0.271 e. The van der Waals surface area contributed by atoms with E-state index in [1.807, 2.05) is 35.2 Å². The molecule has 170 valence electrons. The average molecular weight is 445 g/mol. The molecule has 2 aromatic heterocycles. The number of amides is 2. The number of nitrogens with zero attached hydrogens (tertiary/aromatic N) is 5. The minimum Gasteiger partial charge on any atom is -0.368 e. The van der Waals surface area contributed by atoms with Gasteiger partial charge in [-0.25, -0.2) is 0 Å². The molecule has 2 amide bonds. The van der Waals surface area contributed by atoms with Gasteiger partial charge in [-0.3, -0.25) is 19.7 Å². The SMILES string of the molecule is O=C(c1cc(-c2cccnc2)n[nH]1)N1CCCC(C(=O)N2CCN(c3ccccc3)CC2)C1. The first-order valence-corrected chi connectivity index (χ1v) is 11.5. The van der Waals surface area contributed by atoms with Gasteiger partial charge in [-0.15, -0.1) is 0 Å². The maximum atomic E-state index is 13.2. The molecule has 33 heavy (non-hydrogen) atoms. The number of aromatic amines is 1. The molecule has 5 rings (SSSR count). The van der Waals surface area contributed by atoms with Crippen molar-refractivity contribution in [2.45, 2.75) is 12.8 Å². The van der Waals surface area contributed by atoms with Crippen LogP contribution in [0.4, 0.5) is 5.69 Å². The number of hydrogen-bond donors (Lipinski definition) is 1. The summed E-state index contributed by atoms with van der Waals surface area (Å²) in [5, 5.41) is 7.13. The lowest BCUT2D eigenvalue weighted by Gasteiger charge is -2.39. The molecule has 4 heterocycles. The van der Waals surface area contributed by atoms with Gasteiger partial charge in [-0.2, -0.15) is 5.10 Å². The number of piperidine rings is 1. The molecule has 8 nitrogen and oxygen atoms in total. The molecule has 0 spiro atoms. The Labute approximate surface area is 193 Å². The standard InChI is InChI=1S/C25H28N6O2/c32-24(30-14-12-29(13-15-30)21-8-2-1-3-9-21)20-7-5-11-31(18-20)25(33)23-16-22(27-28-23)19-6-4-10-26-17-19/h1-4,6,8-10,16-17,20H,5,7,11-15,18H2,(H,27,28). The largest absolute Gasteiger partial charge is 0.368 e. The zero-order valence-electron chi connectivity index (χ0n) is 18.6. The van der Waals surface area contributed by atoms with E-state index in [9.17, 15) is 9.59 Å². The average Bonchev–Trinajstić information content (AvgIpc) is 3.39. The van der Waals surface area contributed by atoms with Crippen molar-refractivity contribution in [3.8, 4) is 11.3 Å². The van der Waals surface area contributed by atoms with Crippen LogP contribution in [0.5, 0.6) is 0 Å². The predicted molar refractivity (Wildman–Crippen MR) is 126 cm³/mol. The van der Waals surface area contributed by atoms with Gasteiger partial charge in [0.05, 0.1) is 11.6 Å². The molecule has 1 atom stereocenters. The highest BCUT2D eigenvalue weighted by Gasteiger charge is 2.33. The summed E-state index contributed by atoms with van der Waals surface area (Å²) in [5.41, 5.74) is 3.18. The first-order chi connectivity index (χ1) is 16.2. The van der Waals surface area contributed by atoms with E-state index in [1.54, 1.807) is 23.4 Å². The van der Waals surface area contributed by atoms with Crippen molar-refractivity contribution in [3.05, 3.63) is 66.6 Å². The van der Waals surface area contributed by atoms with Gasteiger partial charge in [0, 0.05) is 62.9 Å². The summed E-state index contributed by atoms with van der Waals surface area (Å²) in [6.45, 7) is 4.20. The number of nitrogens with one attached hydrogen (secondary N) is 1. The second-order valence-corrected chi connectivity index (χ2v) is 8.65. The zero-order chi connectivity index (χ0) is 22.6. The number of likely N-dealkylation sites (tertiary alicyclic amines) is 1. The van der Waals surface area contributed by atoms with Gasteiger partial charge in [0.25, 0.3) is 5.91 Å². The minimum atomic E-state index is -0.147. The first-order valence-electron chi connectivity index (χ1n) is 11.5. The molecule has 2 aliphatic heterocycles. The van der Waals surface area contributed by atoms with Gasteiger partial charge >= 0.3 is 0 Å². The number of carbonyl (C=O) groups is 2. The number of pyridine rings is 1. The Balaban J connectivity index is 1.19. The molecule has 2 aliphatic rings. The molecule has 0 aliphatic carbocycles. The van der Waals surface area contributed by atoms with Gasteiger partial charge in [0.1, 0.15) is 5.69 Å². The lowest BCUT2D eigenvalue weighted by atomic mass is 9.96. The Hall–Kier alpha value is -3.68. The topological polar surface area (TPSA) is 85.4 Å². The Morgan fingerprint density at radius 2 is 1.76 bits per heavy atom. The van der Waals surface area contributed by atoms with Crippen LogP contribution in [0, 0.1) is 5.92 Å². The molecule has 0 saturated carbocycles. The number of piperazine rings is 1. The third kappa shape index (κ3) is 4.60. The molecule has 1 unspecified atom stereocenters. The molecule has 3 aromatic rings. The van der Waals surface area contributed by atoms with Crippen LogP contribution in [0.15, 0.2) is 60.9 Å². The maximum absolute atomic E-state index is 13.2. The molecule has 0 radical (unpaired) electrons. The maximum Gasteiger partial charge on any atom is 0.271 e. The lowest BCUT2D eigenvalue weighted by molar-refractivity contribution is -0.137. The number of anilines is 1. The highest BCUT2D eigenvalue weighted by molar-refractivity contribution is 5.94. The van der Waals surface area contributed by atoms with Crippen LogP contribution in [0.2, 0.25) is 0 Å². The van der Waals surface area contributed by atoms with Crippen molar-refractivity contribution in [2.24, 2.45) is 5.92 Å². The second-order valence-electron chi connectivity index (χ2n) is 8.65.